The average molecular weight is 421 g/mol. The number of fused-ring (bicyclic) bond motifs is 1. The summed E-state index contributed by atoms with van der Waals surface area (Å²) in [5.41, 5.74) is -1.07. The normalized spacial score (nSPS) is 12.5. The number of nitrogens with zero attached hydrogens (tertiary/aromatic N) is 3. The smallest absolute Gasteiger partial charge is 0.303 e. The molecule has 0 spiro atoms. The van der Waals surface area contributed by atoms with Gasteiger partial charge in [0.15, 0.2) is 23.4 Å². The van der Waals surface area contributed by atoms with Gasteiger partial charge in [-0.05, 0) is 0 Å². The predicted molar refractivity (Wildman–Crippen MR) is 99.0 cm³/mol. The summed E-state index contributed by atoms with van der Waals surface area (Å²) in [6.45, 7) is 4.20. The molecule has 2 aromatic rings. The molecule has 30 heavy (non-hydrogen) atoms. The van der Waals surface area contributed by atoms with Gasteiger partial charge >= 0.3 is 17.9 Å². The minimum absolute atomic E-state index is 0.0457. The van der Waals surface area contributed by atoms with Crippen molar-refractivity contribution in [2.45, 2.75) is 39.9 Å². The van der Waals surface area contributed by atoms with E-state index in [0.717, 1.165) is 27.0 Å². The summed E-state index contributed by atoms with van der Waals surface area (Å²) in [6.07, 6.45) is -1.41. The molecule has 0 aliphatic rings. The first-order valence-corrected chi connectivity index (χ1v) is 8.59. The zero-order valence-electron chi connectivity index (χ0n) is 16.5. The SMILES string of the molecule is CC(=O)Nc1nc2ncc([C@H](OC(C)=O)[C@@H](COC(C)=O)OC(C)=O)nc2c(=O)[nH]1. The van der Waals surface area contributed by atoms with E-state index >= 15 is 0 Å². The predicted octanol–water partition coefficient (Wildman–Crippen LogP) is -0.229. The van der Waals surface area contributed by atoms with E-state index in [1.165, 1.54) is 6.92 Å². The number of esters is 3. The Morgan fingerprint density at radius 2 is 1.70 bits per heavy atom. The molecule has 2 atom stereocenters. The lowest BCUT2D eigenvalue weighted by Crippen LogP contribution is -2.33. The largest absolute Gasteiger partial charge is 0.462 e. The van der Waals surface area contributed by atoms with Crippen LogP contribution in [0.1, 0.15) is 39.5 Å². The Hall–Kier alpha value is -3.90. The molecule has 2 N–H and O–H groups in total. The van der Waals surface area contributed by atoms with E-state index in [1.54, 1.807) is 0 Å². The van der Waals surface area contributed by atoms with E-state index in [4.69, 9.17) is 14.2 Å². The van der Waals surface area contributed by atoms with Gasteiger partial charge in [0.2, 0.25) is 11.9 Å². The van der Waals surface area contributed by atoms with Crippen LogP contribution >= 0.6 is 0 Å². The van der Waals surface area contributed by atoms with Crippen LogP contribution in [0.3, 0.4) is 0 Å². The van der Waals surface area contributed by atoms with E-state index < -0.39 is 48.2 Å². The molecule has 2 rings (SSSR count). The summed E-state index contributed by atoms with van der Waals surface area (Å²) in [6, 6.07) is 0. The van der Waals surface area contributed by atoms with Crippen molar-refractivity contribution in [1.82, 2.24) is 19.9 Å². The second-order valence-corrected chi connectivity index (χ2v) is 6.04. The summed E-state index contributed by atoms with van der Waals surface area (Å²) in [5, 5.41) is 2.32. The number of amides is 1. The number of carbonyl (C=O) groups is 4. The standard InChI is InChI=1S/C17H19N5O8/c1-7(23)19-17-21-15-13(16(27)22-17)20-11(5-18-15)14(30-10(4)26)12(29-9(3)25)6-28-8(2)24/h5,12,14H,6H2,1-4H3,(H2,18,19,21,22,23,27)/t12-,14+/m1/s1. The van der Waals surface area contributed by atoms with Gasteiger partial charge in [-0.3, -0.25) is 34.3 Å². The van der Waals surface area contributed by atoms with Gasteiger partial charge in [0, 0.05) is 27.7 Å². The summed E-state index contributed by atoms with van der Waals surface area (Å²) >= 11 is 0. The molecule has 13 nitrogen and oxygen atoms in total. The van der Waals surface area contributed by atoms with Gasteiger partial charge in [-0.1, -0.05) is 0 Å². The number of rotatable bonds is 7. The van der Waals surface area contributed by atoms with Gasteiger partial charge in [-0.25, -0.2) is 9.97 Å². The first-order chi connectivity index (χ1) is 14.1. The number of aromatic nitrogens is 4. The molecule has 13 heteroatoms. The second kappa shape index (κ2) is 9.54. The molecule has 2 aromatic heterocycles. The maximum Gasteiger partial charge on any atom is 0.303 e. The zero-order valence-corrected chi connectivity index (χ0v) is 16.5. The van der Waals surface area contributed by atoms with Crippen LogP contribution in [0.25, 0.3) is 11.2 Å². The zero-order chi connectivity index (χ0) is 22.4. The molecular formula is C17H19N5O8. The van der Waals surface area contributed by atoms with E-state index in [0.29, 0.717) is 0 Å². The lowest BCUT2D eigenvalue weighted by Gasteiger charge is -2.25. The Balaban J connectivity index is 2.51. The first kappa shape index (κ1) is 22.4. The van der Waals surface area contributed by atoms with Crippen LogP contribution in [-0.4, -0.2) is 56.5 Å². The van der Waals surface area contributed by atoms with Crippen molar-refractivity contribution in [1.29, 1.82) is 0 Å². The highest BCUT2D eigenvalue weighted by molar-refractivity contribution is 5.87. The van der Waals surface area contributed by atoms with E-state index in [9.17, 15) is 24.0 Å². The van der Waals surface area contributed by atoms with Crippen LogP contribution < -0.4 is 10.9 Å². The topological polar surface area (TPSA) is 180 Å². The monoisotopic (exact) mass is 421 g/mol. The Morgan fingerprint density at radius 1 is 1.03 bits per heavy atom. The minimum Gasteiger partial charge on any atom is -0.462 e. The van der Waals surface area contributed by atoms with Gasteiger partial charge in [-0.2, -0.15) is 4.98 Å². The number of nitrogens with one attached hydrogen (secondary N) is 2. The number of aromatic amines is 1. The molecule has 160 valence electrons. The molecular weight excluding hydrogens is 402 g/mol. The second-order valence-electron chi connectivity index (χ2n) is 6.04. The number of hydrogen-bond donors (Lipinski definition) is 2. The highest BCUT2D eigenvalue weighted by Crippen LogP contribution is 2.24. The lowest BCUT2D eigenvalue weighted by atomic mass is 10.1. The fraction of sp³-hybridized carbons (Fsp3) is 0.412. The van der Waals surface area contributed by atoms with Crippen molar-refractivity contribution in [2.24, 2.45) is 0 Å². The van der Waals surface area contributed by atoms with Crippen molar-refractivity contribution in [3.63, 3.8) is 0 Å². The van der Waals surface area contributed by atoms with E-state index in [2.05, 4.69) is 25.3 Å². The summed E-state index contributed by atoms with van der Waals surface area (Å²) in [5.74, 6) is -2.69. The van der Waals surface area contributed by atoms with Crippen LogP contribution in [0, 0.1) is 0 Å². The van der Waals surface area contributed by atoms with Gasteiger partial charge in [-0.15, -0.1) is 0 Å². The maximum absolute atomic E-state index is 12.3. The van der Waals surface area contributed by atoms with Crippen LogP contribution in [0.5, 0.6) is 0 Å². The van der Waals surface area contributed by atoms with Gasteiger partial charge in [0.1, 0.15) is 12.3 Å². The van der Waals surface area contributed by atoms with Crippen molar-refractivity contribution >= 4 is 40.9 Å². The molecule has 0 radical (unpaired) electrons. The van der Waals surface area contributed by atoms with Gasteiger partial charge in [0.05, 0.1) is 6.20 Å². The van der Waals surface area contributed by atoms with Crippen LogP contribution in [-0.2, 0) is 33.4 Å². The average Bonchev–Trinajstić information content (AvgIpc) is 2.62. The van der Waals surface area contributed by atoms with Crippen molar-refractivity contribution in [3.8, 4) is 0 Å². The molecule has 0 aromatic carbocycles. The third kappa shape index (κ3) is 6.05. The Bertz CT molecular complexity index is 1050. The third-order valence-electron chi connectivity index (χ3n) is 3.42. The molecule has 0 aliphatic carbocycles. The molecule has 0 aliphatic heterocycles. The van der Waals surface area contributed by atoms with Crippen LogP contribution in [0.2, 0.25) is 0 Å². The molecule has 0 fully saturated rings. The highest BCUT2D eigenvalue weighted by Gasteiger charge is 2.32. The number of anilines is 1. The molecule has 0 unspecified atom stereocenters. The Kier molecular flexibility index (Phi) is 7.12. The Labute approximate surface area is 169 Å². The summed E-state index contributed by atoms with van der Waals surface area (Å²) in [4.78, 5) is 72.1. The fourth-order valence-corrected chi connectivity index (χ4v) is 2.40. The van der Waals surface area contributed by atoms with E-state index in [-0.39, 0.29) is 22.8 Å². The molecule has 0 bridgehead atoms. The third-order valence-corrected chi connectivity index (χ3v) is 3.42. The highest BCUT2D eigenvalue weighted by atomic mass is 16.6. The fourth-order valence-electron chi connectivity index (χ4n) is 2.40. The van der Waals surface area contributed by atoms with Crippen molar-refractivity contribution in [3.05, 3.63) is 22.2 Å². The van der Waals surface area contributed by atoms with Crippen molar-refractivity contribution in [2.75, 3.05) is 11.9 Å². The summed E-state index contributed by atoms with van der Waals surface area (Å²) in [7, 11) is 0. The number of H-pyrrole nitrogens is 1. The van der Waals surface area contributed by atoms with Crippen LogP contribution in [0.4, 0.5) is 5.95 Å². The molecule has 0 saturated heterocycles. The molecule has 2 heterocycles. The number of ether oxygens (including phenoxy) is 3. The maximum atomic E-state index is 12.3. The summed E-state index contributed by atoms with van der Waals surface area (Å²) < 4.78 is 15.2. The van der Waals surface area contributed by atoms with Gasteiger partial charge < -0.3 is 14.2 Å². The van der Waals surface area contributed by atoms with E-state index in [1.807, 2.05) is 0 Å². The quantitative estimate of drug-likeness (QED) is 0.445. The molecule has 0 saturated carbocycles. The lowest BCUT2D eigenvalue weighted by molar-refractivity contribution is -0.174. The number of carbonyl (C=O) groups excluding carboxylic acids is 4. The number of hydrogen-bond acceptors (Lipinski definition) is 11. The first-order valence-electron chi connectivity index (χ1n) is 8.59. The molecule has 1 amide bonds. The van der Waals surface area contributed by atoms with Crippen LogP contribution in [0.15, 0.2) is 11.0 Å². The van der Waals surface area contributed by atoms with Gasteiger partial charge in [0.25, 0.3) is 5.56 Å². The van der Waals surface area contributed by atoms with Crippen molar-refractivity contribution < 1.29 is 33.4 Å². The minimum atomic E-state index is -1.32. The Morgan fingerprint density at radius 3 is 2.27 bits per heavy atom.